The molecule has 7 nitrogen and oxygen atoms in total. The van der Waals surface area contributed by atoms with E-state index in [1.54, 1.807) is 0 Å². The molecule has 1 amide bonds. The lowest BCUT2D eigenvalue weighted by molar-refractivity contribution is -0.135. The molecule has 3 unspecified atom stereocenters. The van der Waals surface area contributed by atoms with Gasteiger partial charge in [0, 0.05) is 36.5 Å². The first-order valence-corrected chi connectivity index (χ1v) is 9.98. The van der Waals surface area contributed by atoms with E-state index in [0.29, 0.717) is 23.7 Å². The first-order chi connectivity index (χ1) is 13.3. The topological polar surface area (TPSA) is 83.3 Å². The molecule has 5 rings (SSSR count). The lowest BCUT2D eigenvalue weighted by Crippen LogP contribution is -2.50. The smallest absolute Gasteiger partial charge is 0.241 e. The van der Waals surface area contributed by atoms with Crippen molar-refractivity contribution < 1.29 is 9.32 Å². The summed E-state index contributed by atoms with van der Waals surface area (Å²) in [4.78, 5) is 19.5. The number of rotatable bonds is 3. The van der Waals surface area contributed by atoms with E-state index >= 15 is 0 Å². The van der Waals surface area contributed by atoms with Crippen LogP contribution in [0, 0.1) is 5.92 Å². The van der Waals surface area contributed by atoms with Gasteiger partial charge in [0.25, 0.3) is 0 Å². The monoisotopic (exact) mass is 367 g/mol. The fourth-order valence-corrected chi connectivity index (χ4v) is 4.76. The standard InChI is InChI=1S/C20H25N5O2/c26-20(17-15-7-4-8-16(15)22-23-17)25-11-9-14(10-12-25)19-21-18(24-27-19)13-5-2-1-3-6-13/h1-3,5-6,14-17,22-23H,4,7-12H2. The van der Waals surface area contributed by atoms with Crippen LogP contribution in [0.4, 0.5) is 0 Å². The number of carbonyl (C=O) groups is 1. The van der Waals surface area contributed by atoms with Crippen LogP contribution < -0.4 is 10.9 Å². The molecular weight excluding hydrogens is 342 g/mol. The number of hydrogen-bond acceptors (Lipinski definition) is 6. The zero-order chi connectivity index (χ0) is 18.2. The lowest BCUT2D eigenvalue weighted by atomic mass is 9.93. The molecule has 3 heterocycles. The maximum Gasteiger partial charge on any atom is 0.241 e. The number of benzene rings is 1. The zero-order valence-corrected chi connectivity index (χ0v) is 15.3. The number of fused-ring (bicyclic) bond motifs is 1. The Morgan fingerprint density at radius 2 is 1.89 bits per heavy atom. The van der Waals surface area contributed by atoms with Crippen LogP contribution >= 0.6 is 0 Å². The van der Waals surface area contributed by atoms with Gasteiger partial charge in [-0.3, -0.25) is 10.2 Å². The van der Waals surface area contributed by atoms with Gasteiger partial charge in [-0.1, -0.05) is 41.9 Å². The molecule has 3 fully saturated rings. The molecule has 2 N–H and O–H groups in total. The summed E-state index contributed by atoms with van der Waals surface area (Å²) in [6.45, 7) is 1.50. The molecule has 3 aliphatic rings. The van der Waals surface area contributed by atoms with E-state index in [1.807, 2.05) is 35.2 Å². The number of piperidine rings is 1. The highest BCUT2D eigenvalue weighted by Gasteiger charge is 2.44. The maximum absolute atomic E-state index is 12.9. The van der Waals surface area contributed by atoms with Gasteiger partial charge >= 0.3 is 0 Å². The summed E-state index contributed by atoms with van der Waals surface area (Å²) in [7, 11) is 0. The van der Waals surface area contributed by atoms with Crippen LogP contribution in [0.1, 0.15) is 43.9 Å². The number of hydrogen-bond donors (Lipinski definition) is 2. The second kappa shape index (κ2) is 7.05. The van der Waals surface area contributed by atoms with Crippen molar-refractivity contribution in [3.8, 4) is 11.4 Å². The van der Waals surface area contributed by atoms with Crippen LogP contribution in [-0.4, -0.2) is 46.1 Å². The Bertz CT molecular complexity index is 800. The number of nitrogens with one attached hydrogen (secondary N) is 2. The van der Waals surface area contributed by atoms with Crippen molar-refractivity contribution in [1.82, 2.24) is 25.9 Å². The van der Waals surface area contributed by atoms with Crippen molar-refractivity contribution in [1.29, 1.82) is 0 Å². The number of nitrogens with zero attached hydrogens (tertiary/aromatic N) is 3. The van der Waals surface area contributed by atoms with Crippen LogP contribution in [0.25, 0.3) is 11.4 Å². The SMILES string of the molecule is O=C(C1NNC2CCCC21)N1CCC(c2nc(-c3ccccc3)no2)CC1. The van der Waals surface area contributed by atoms with Gasteiger partial charge in [-0.2, -0.15) is 4.98 Å². The van der Waals surface area contributed by atoms with E-state index in [0.717, 1.165) is 37.9 Å². The molecule has 0 spiro atoms. The van der Waals surface area contributed by atoms with Gasteiger partial charge in [-0.15, -0.1) is 0 Å². The molecule has 1 aromatic heterocycles. The van der Waals surface area contributed by atoms with E-state index in [2.05, 4.69) is 21.0 Å². The van der Waals surface area contributed by atoms with Gasteiger partial charge in [0.05, 0.1) is 0 Å². The molecule has 7 heteroatoms. The Balaban J connectivity index is 1.21. The van der Waals surface area contributed by atoms with Crippen LogP contribution in [-0.2, 0) is 4.79 Å². The summed E-state index contributed by atoms with van der Waals surface area (Å²) < 4.78 is 5.52. The molecule has 142 valence electrons. The summed E-state index contributed by atoms with van der Waals surface area (Å²) in [6, 6.07) is 10.3. The predicted molar refractivity (Wildman–Crippen MR) is 99.5 cm³/mol. The predicted octanol–water partition coefficient (Wildman–Crippen LogP) is 2.09. The van der Waals surface area contributed by atoms with Crippen molar-refractivity contribution in [3.63, 3.8) is 0 Å². The molecule has 0 bridgehead atoms. The van der Waals surface area contributed by atoms with Crippen molar-refractivity contribution in [2.75, 3.05) is 13.1 Å². The average molecular weight is 367 g/mol. The molecule has 2 aliphatic heterocycles. The first kappa shape index (κ1) is 16.9. The Morgan fingerprint density at radius 1 is 1.07 bits per heavy atom. The Kier molecular flexibility index (Phi) is 4.41. The van der Waals surface area contributed by atoms with E-state index in [4.69, 9.17) is 4.52 Å². The first-order valence-electron chi connectivity index (χ1n) is 9.98. The summed E-state index contributed by atoms with van der Waals surface area (Å²) >= 11 is 0. The van der Waals surface area contributed by atoms with Gasteiger partial charge in [0.2, 0.25) is 17.6 Å². The Hall–Kier alpha value is -2.25. The molecule has 2 aromatic rings. The zero-order valence-electron chi connectivity index (χ0n) is 15.3. The number of carbonyl (C=O) groups excluding carboxylic acids is 1. The minimum atomic E-state index is -0.0675. The van der Waals surface area contributed by atoms with Crippen molar-refractivity contribution in [3.05, 3.63) is 36.2 Å². The maximum atomic E-state index is 12.9. The van der Waals surface area contributed by atoms with Crippen LogP contribution in [0.5, 0.6) is 0 Å². The summed E-state index contributed by atoms with van der Waals surface area (Å²) in [5.74, 6) is 2.24. The molecule has 0 radical (unpaired) electrons. The summed E-state index contributed by atoms with van der Waals surface area (Å²) in [5, 5.41) is 4.13. The third-order valence-electron chi connectivity index (χ3n) is 6.32. The van der Waals surface area contributed by atoms with Crippen LogP contribution in [0.15, 0.2) is 34.9 Å². The number of amides is 1. The lowest BCUT2D eigenvalue weighted by Gasteiger charge is -2.33. The van der Waals surface area contributed by atoms with Gasteiger partial charge in [0.1, 0.15) is 6.04 Å². The molecule has 1 aliphatic carbocycles. The second-order valence-corrected chi connectivity index (χ2v) is 7.89. The highest BCUT2D eigenvalue weighted by molar-refractivity contribution is 5.82. The molecule has 1 saturated carbocycles. The molecule has 27 heavy (non-hydrogen) atoms. The Morgan fingerprint density at radius 3 is 2.70 bits per heavy atom. The number of likely N-dealkylation sites (tertiary alicyclic amines) is 1. The molecule has 3 atom stereocenters. The largest absolute Gasteiger partial charge is 0.341 e. The van der Waals surface area contributed by atoms with E-state index < -0.39 is 0 Å². The summed E-state index contributed by atoms with van der Waals surface area (Å²) in [6.07, 6.45) is 5.27. The quantitative estimate of drug-likeness (QED) is 0.864. The van der Waals surface area contributed by atoms with E-state index in [9.17, 15) is 4.79 Å². The molecule has 2 saturated heterocycles. The minimum Gasteiger partial charge on any atom is -0.341 e. The van der Waals surface area contributed by atoms with Gasteiger partial charge in [0.15, 0.2) is 0 Å². The van der Waals surface area contributed by atoms with Crippen LogP contribution in [0.2, 0.25) is 0 Å². The Labute approximate surface area is 158 Å². The third-order valence-corrected chi connectivity index (χ3v) is 6.32. The van der Waals surface area contributed by atoms with Gasteiger partial charge in [-0.05, 0) is 25.7 Å². The highest BCUT2D eigenvalue weighted by Crippen LogP contribution is 2.34. The summed E-state index contributed by atoms with van der Waals surface area (Å²) in [5.41, 5.74) is 7.51. The average Bonchev–Trinajstić information content (AvgIpc) is 3.45. The van der Waals surface area contributed by atoms with Crippen molar-refractivity contribution in [2.24, 2.45) is 5.92 Å². The van der Waals surface area contributed by atoms with E-state index in [1.165, 1.54) is 12.8 Å². The molecular formula is C20H25N5O2. The highest BCUT2D eigenvalue weighted by atomic mass is 16.5. The van der Waals surface area contributed by atoms with Crippen molar-refractivity contribution in [2.45, 2.75) is 50.1 Å². The fourth-order valence-electron chi connectivity index (χ4n) is 4.76. The van der Waals surface area contributed by atoms with Gasteiger partial charge < -0.3 is 9.42 Å². The normalized spacial score (nSPS) is 28.4. The number of hydrazine groups is 1. The van der Waals surface area contributed by atoms with Gasteiger partial charge in [-0.25, -0.2) is 5.43 Å². The fraction of sp³-hybridized carbons (Fsp3) is 0.550. The molecule has 1 aromatic carbocycles. The second-order valence-electron chi connectivity index (χ2n) is 7.89. The third kappa shape index (κ3) is 3.15. The number of aromatic nitrogens is 2. The minimum absolute atomic E-state index is 0.0675. The van der Waals surface area contributed by atoms with Crippen LogP contribution in [0.3, 0.4) is 0 Å². The van der Waals surface area contributed by atoms with Crippen molar-refractivity contribution >= 4 is 5.91 Å². The van der Waals surface area contributed by atoms with E-state index in [-0.39, 0.29) is 17.9 Å².